The van der Waals surface area contributed by atoms with Gasteiger partial charge in [-0.3, -0.25) is 4.79 Å². The topological polar surface area (TPSA) is 29.1 Å². The van der Waals surface area contributed by atoms with Crippen LogP contribution in [0.2, 0.25) is 0 Å². The van der Waals surface area contributed by atoms with E-state index in [9.17, 15) is 4.79 Å². The number of carbonyl (C=O) groups excluding carboxylic acids is 1. The molecule has 2 rings (SSSR count). The molecule has 2 heteroatoms. The van der Waals surface area contributed by atoms with Gasteiger partial charge in [-0.1, -0.05) is 66.6 Å². The molecule has 0 aliphatic heterocycles. The molecule has 0 bridgehead atoms. The lowest BCUT2D eigenvalue weighted by molar-refractivity contribution is -0.120. The van der Waals surface area contributed by atoms with Crippen molar-refractivity contribution in [1.82, 2.24) is 5.32 Å². The van der Waals surface area contributed by atoms with E-state index in [0.717, 1.165) is 5.56 Å². The fourth-order valence-corrected chi connectivity index (χ4v) is 2.52. The molecule has 1 N–H and O–H groups in total. The molecular weight excluding hydrogens is 258 g/mol. The zero-order valence-corrected chi connectivity index (χ0v) is 13.0. The summed E-state index contributed by atoms with van der Waals surface area (Å²) in [4.78, 5) is 12.0. The summed E-state index contributed by atoms with van der Waals surface area (Å²) < 4.78 is 0. The maximum Gasteiger partial charge on any atom is 0.224 e. The number of aryl methyl sites for hydroxylation is 2. The smallest absolute Gasteiger partial charge is 0.224 e. The fourth-order valence-electron chi connectivity index (χ4n) is 2.52. The van der Waals surface area contributed by atoms with Gasteiger partial charge in [0.1, 0.15) is 0 Å². The second-order valence-electron chi connectivity index (χ2n) is 5.79. The highest BCUT2D eigenvalue weighted by Gasteiger charge is 2.09. The Labute approximate surface area is 127 Å². The molecule has 0 fully saturated rings. The van der Waals surface area contributed by atoms with Crippen LogP contribution in [0.1, 0.15) is 35.1 Å². The van der Waals surface area contributed by atoms with E-state index >= 15 is 0 Å². The number of rotatable bonds is 5. The minimum atomic E-state index is 0.0809. The van der Waals surface area contributed by atoms with Gasteiger partial charge in [0, 0.05) is 6.54 Å². The quantitative estimate of drug-likeness (QED) is 0.888. The van der Waals surface area contributed by atoms with Crippen molar-refractivity contribution in [3.05, 3.63) is 70.8 Å². The largest absolute Gasteiger partial charge is 0.355 e. The Kier molecular flexibility index (Phi) is 5.15. The third-order valence-corrected chi connectivity index (χ3v) is 3.63. The van der Waals surface area contributed by atoms with Gasteiger partial charge >= 0.3 is 0 Å². The van der Waals surface area contributed by atoms with Crippen molar-refractivity contribution >= 4 is 5.91 Å². The number of carbonyl (C=O) groups is 1. The van der Waals surface area contributed by atoms with Gasteiger partial charge in [0.2, 0.25) is 5.91 Å². The molecule has 0 aliphatic carbocycles. The molecule has 0 spiro atoms. The standard InChI is InChI=1S/C19H23NO/c1-14-9-15(2)11-18(10-14)16(3)13-20-19(21)12-17-7-5-4-6-8-17/h4-11,16H,12-13H2,1-3H3,(H,20,21). The summed E-state index contributed by atoms with van der Waals surface area (Å²) in [7, 11) is 0. The summed E-state index contributed by atoms with van der Waals surface area (Å²) in [5, 5.41) is 3.03. The van der Waals surface area contributed by atoms with Crippen molar-refractivity contribution in [2.24, 2.45) is 0 Å². The molecule has 2 nitrogen and oxygen atoms in total. The van der Waals surface area contributed by atoms with E-state index in [2.05, 4.69) is 44.3 Å². The number of nitrogens with one attached hydrogen (secondary N) is 1. The Morgan fingerprint density at radius 2 is 1.67 bits per heavy atom. The van der Waals surface area contributed by atoms with E-state index in [-0.39, 0.29) is 5.91 Å². The van der Waals surface area contributed by atoms with E-state index in [0.29, 0.717) is 18.9 Å². The lowest BCUT2D eigenvalue weighted by atomic mass is 9.97. The number of benzene rings is 2. The van der Waals surface area contributed by atoms with Crippen molar-refractivity contribution < 1.29 is 4.79 Å². The van der Waals surface area contributed by atoms with Crippen LogP contribution in [0, 0.1) is 13.8 Å². The first kappa shape index (κ1) is 15.3. The highest BCUT2D eigenvalue weighted by molar-refractivity contribution is 5.78. The van der Waals surface area contributed by atoms with Crippen LogP contribution in [-0.2, 0) is 11.2 Å². The molecule has 1 unspecified atom stereocenters. The van der Waals surface area contributed by atoms with Crippen LogP contribution >= 0.6 is 0 Å². The maximum atomic E-state index is 12.0. The molecule has 0 heterocycles. The van der Waals surface area contributed by atoms with Crippen LogP contribution in [0.15, 0.2) is 48.5 Å². The molecule has 0 radical (unpaired) electrons. The molecule has 2 aromatic carbocycles. The highest BCUT2D eigenvalue weighted by atomic mass is 16.1. The molecule has 110 valence electrons. The van der Waals surface area contributed by atoms with E-state index < -0.39 is 0 Å². The monoisotopic (exact) mass is 281 g/mol. The van der Waals surface area contributed by atoms with Gasteiger partial charge in [-0.15, -0.1) is 0 Å². The van der Waals surface area contributed by atoms with Crippen molar-refractivity contribution in [2.75, 3.05) is 6.54 Å². The summed E-state index contributed by atoms with van der Waals surface area (Å²) in [5.41, 5.74) is 4.88. The average molecular weight is 281 g/mol. The molecule has 21 heavy (non-hydrogen) atoms. The second kappa shape index (κ2) is 7.07. The molecule has 2 aromatic rings. The van der Waals surface area contributed by atoms with Crippen molar-refractivity contribution in [3.8, 4) is 0 Å². The molecule has 0 aliphatic rings. The summed E-state index contributed by atoms with van der Waals surface area (Å²) in [6.45, 7) is 7.04. The van der Waals surface area contributed by atoms with E-state index in [1.165, 1.54) is 16.7 Å². The van der Waals surface area contributed by atoms with E-state index in [1.807, 2.05) is 30.3 Å². The molecule has 1 atom stereocenters. The average Bonchev–Trinajstić information content (AvgIpc) is 2.45. The zero-order valence-electron chi connectivity index (χ0n) is 13.0. The minimum absolute atomic E-state index is 0.0809. The first-order valence-corrected chi connectivity index (χ1v) is 7.43. The highest BCUT2D eigenvalue weighted by Crippen LogP contribution is 2.18. The van der Waals surface area contributed by atoms with Gasteiger partial charge in [-0.2, -0.15) is 0 Å². The Hall–Kier alpha value is -2.09. The Bertz CT molecular complexity index is 584. The summed E-state index contributed by atoms with van der Waals surface area (Å²) in [6, 6.07) is 16.4. The lowest BCUT2D eigenvalue weighted by Gasteiger charge is -2.15. The third kappa shape index (κ3) is 4.75. The van der Waals surface area contributed by atoms with Gasteiger partial charge in [0.15, 0.2) is 0 Å². The van der Waals surface area contributed by atoms with Gasteiger partial charge < -0.3 is 5.32 Å². The number of amides is 1. The molecule has 0 saturated heterocycles. The third-order valence-electron chi connectivity index (χ3n) is 3.63. The molecular formula is C19H23NO. The zero-order chi connectivity index (χ0) is 15.2. The van der Waals surface area contributed by atoms with Crippen LogP contribution in [0.5, 0.6) is 0 Å². The lowest BCUT2D eigenvalue weighted by Crippen LogP contribution is -2.28. The molecule has 1 amide bonds. The predicted molar refractivity (Wildman–Crippen MR) is 87.5 cm³/mol. The first-order chi connectivity index (χ1) is 10.0. The maximum absolute atomic E-state index is 12.0. The van der Waals surface area contributed by atoms with Crippen LogP contribution < -0.4 is 5.32 Å². The predicted octanol–water partition coefficient (Wildman–Crippen LogP) is 3.77. The second-order valence-corrected chi connectivity index (χ2v) is 5.79. The van der Waals surface area contributed by atoms with Crippen molar-refractivity contribution in [1.29, 1.82) is 0 Å². The minimum Gasteiger partial charge on any atom is -0.355 e. The van der Waals surface area contributed by atoms with Crippen LogP contribution in [0.3, 0.4) is 0 Å². The first-order valence-electron chi connectivity index (χ1n) is 7.43. The Morgan fingerprint density at radius 3 is 2.29 bits per heavy atom. The van der Waals surface area contributed by atoms with Gasteiger partial charge in [-0.25, -0.2) is 0 Å². The van der Waals surface area contributed by atoms with E-state index in [4.69, 9.17) is 0 Å². The van der Waals surface area contributed by atoms with Gasteiger partial charge in [-0.05, 0) is 30.9 Å². The fraction of sp³-hybridized carbons (Fsp3) is 0.316. The van der Waals surface area contributed by atoms with Gasteiger partial charge in [0.25, 0.3) is 0 Å². The van der Waals surface area contributed by atoms with E-state index in [1.54, 1.807) is 0 Å². The summed E-state index contributed by atoms with van der Waals surface area (Å²) >= 11 is 0. The van der Waals surface area contributed by atoms with Crippen LogP contribution in [-0.4, -0.2) is 12.5 Å². The number of hydrogen-bond acceptors (Lipinski definition) is 1. The molecule has 0 aromatic heterocycles. The van der Waals surface area contributed by atoms with Crippen molar-refractivity contribution in [3.63, 3.8) is 0 Å². The summed E-state index contributed by atoms with van der Waals surface area (Å²) in [5.74, 6) is 0.403. The normalized spacial score (nSPS) is 12.0. The molecule has 0 saturated carbocycles. The number of hydrogen-bond donors (Lipinski definition) is 1. The Morgan fingerprint density at radius 1 is 1.05 bits per heavy atom. The van der Waals surface area contributed by atoms with Gasteiger partial charge in [0.05, 0.1) is 6.42 Å². The van der Waals surface area contributed by atoms with Crippen molar-refractivity contribution in [2.45, 2.75) is 33.1 Å². The Balaban J connectivity index is 1.88. The van der Waals surface area contributed by atoms with Crippen LogP contribution in [0.4, 0.5) is 0 Å². The summed E-state index contributed by atoms with van der Waals surface area (Å²) in [6.07, 6.45) is 0.445. The van der Waals surface area contributed by atoms with Crippen LogP contribution in [0.25, 0.3) is 0 Å². The SMILES string of the molecule is Cc1cc(C)cc(C(C)CNC(=O)Cc2ccccc2)c1.